The van der Waals surface area contributed by atoms with Crippen molar-refractivity contribution in [3.8, 4) is 0 Å². The molecule has 2 heterocycles. The molecule has 0 fully saturated rings. The van der Waals surface area contributed by atoms with Crippen molar-refractivity contribution in [2.24, 2.45) is 4.99 Å². The van der Waals surface area contributed by atoms with E-state index in [0.29, 0.717) is 5.69 Å². The van der Waals surface area contributed by atoms with Crippen molar-refractivity contribution in [3.05, 3.63) is 59.9 Å². The SMILES string of the molecule is Cc1ccc(S(=O)(=O)N2C(=O)CCN=C2c2ccccn2)cc1. The zero-order chi connectivity index (χ0) is 16.4. The fourth-order valence-corrected chi connectivity index (χ4v) is 3.71. The highest BCUT2D eigenvalue weighted by molar-refractivity contribution is 7.90. The average Bonchev–Trinajstić information content (AvgIpc) is 2.55. The Balaban J connectivity index is 2.10. The van der Waals surface area contributed by atoms with Crippen molar-refractivity contribution in [1.29, 1.82) is 0 Å². The summed E-state index contributed by atoms with van der Waals surface area (Å²) in [6.45, 7) is 2.12. The highest BCUT2D eigenvalue weighted by Gasteiger charge is 2.36. The standard InChI is InChI=1S/C16H15N3O3S/c1-12-5-7-13(8-6-12)23(21,22)19-15(20)9-11-18-16(19)14-4-2-3-10-17-14/h2-8,10H,9,11H2,1H3. The molecule has 1 amide bonds. The molecule has 0 aliphatic carbocycles. The topological polar surface area (TPSA) is 79.7 Å². The Kier molecular flexibility index (Phi) is 3.96. The smallest absolute Gasteiger partial charge is 0.272 e. The highest BCUT2D eigenvalue weighted by Crippen LogP contribution is 2.22. The molecule has 3 rings (SSSR count). The van der Waals surface area contributed by atoms with Crippen molar-refractivity contribution in [1.82, 2.24) is 9.29 Å². The first kappa shape index (κ1) is 15.4. The second-order valence-corrected chi connectivity index (χ2v) is 6.93. The predicted octanol–water partition coefficient (Wildman–Crippen LogP) is 1.76. The molecule has 118 valence electrons. The van der Waals surface area contributed by atoms with E-state index in [1.165, 1.54) is 18.3 Å². The molecule has 0 saturated heterocycles. The Labute approximate surface area is 134 Å². The Morgan fingerprint density at radius 3 is 2.48 bits per heavy atom. The highest BCUT2D eigenvalue weighted by atomic mass is 32.2. The van der Waals surface area contributed by atoms with E-state index < -0.39 is 15.9 Å². The number of aromatic nitrogens is 1. The predicted molar refractivity (Wildman–Crippen MR) is 85.5 cm³/mol. The number of benzene rings is 1. The van der Waals surface area contributed by atoms with Crippen molar-refractivity contribution >= 4 is 21.8 Å². The van der Waals surface area contributed by atoms with E-state index in [0.717, 1.165) is 9.87 Å². The van der Waals surface area contributed by atoms with Crippen LogP contribution in [0.2, 0.25) is 0 Å². The lowest BCUT2D eigenvalue weighted by atomic mass is 10.2. The second-order valence-electron chi connectivity index (χ2n) is 5.15. The molecule has 0 atom stereocenters. The molecule has 0 radical (unpaired) electrons. The fraction of sp³-hybridized carbons (Fsp3) is 0.188. The van der Waals surface area contributed by atoms with Crippen molar-refractivity contribution in [2.45, 2.75) is 18.2 Å². The third-order valence-electron chi connectivity index (χ3n) is 3.46. The minimum Gasteiger partial charge on any atom is -0.273 e. The van der Waals surface area contributed by atoms with Gasteiger partial charge in [0.15, 0.2) is 5.84 Å². The summed E-state index contributed by atoms with van der Waals surface area (Å²) in [5.74, 6) is -0.427. The van der Waals surface area contributed by atoms with Crippen LogP contribution in [0, 0.1) is 6.92 Å². The number of carbonyl (C=O) groups is 1. The van der Waals surface area contributed by atoms with Crippen LogP contribution >= 0.6 is 0 Å². The van der Waals surface area contributed by atoms with Gasteiger partial charge in [0.2, 0.25) is 5.91 Å². The zero-order valence-corrected chi connectivity index (χ0v) is 13.3. The minimum absolute atomic E-state index is 0.0570. The van der Waals surface area contributed by atoms with Crippen LogP contribution in [-0.2, 0) is 14.8 Å². The van der Waals surface area contributed by atoms with Gasteiger partial charge in [-0.1, -0.05) is 23.8 Å². The molecule has 1 aliphatic heterocycles. The van der Waals surface area contributed by atoms with Gasteiger partial charge in [-0.05, 0) is 31.2 Å². The van der Waals surface area contributed by atoms with Crippen LogP contribution in [0.3, 0.4) is 0 Å². The number of nitrogens with zero attached hydrogens (tertiary/aromatic N) is 3. The van der Waals surface area contributed by atoms with E-state index in [-0.39, 0.29) is 23.7 Å². The number of hydrogen-bond donors (Lipinski definition) is 0. The molecule has 0 unspecified atom stereocenters. The Hall–Kier alpha value is -2.54. The summed E-state index contributed by atoms with van der Waals surface area (Å²) >= 11 is 0. The first-order chi connectivity index (χ1) is 11.0. The average molecular weight is 329 g/mol. The van der Waals surface area contributed by atoms with Gasteiger partial charge in [0.1, 0.15) is 5.69 Å². The van der Waals surface area contributed by atoms with E-state index in [4.69, 9.17) is 0 Å². The number of aliphatic imine (C=N–C) groups is 1. The lowest BCUT2D eigenvalue weighted by molar-refractivity contribution is -0.124. The fourth-order valence-electron chi connectivity index (χ4n) is 2.28. The van der Waals surface area contributed by atoms with Crippen LogP contribution in [0.15, 0.2) is 58.5 Å². The third kappa shape index (κ3) is 2.87. The van der Waals surface area contributed by atoms with E-state index >= 15 is 0 Å². The van der Waals surface area contributed by atoms with Crippen LogP contribution in [0.1, 0.15) is 17.7 Å². The number of sulfonamides is 1. The minimum atomic E-state index is -4.01. The molecule has 7 heteroatoms. The molecule has 2 aromatic rings. The number of carbonyl (C=O) groups excluding carboxylic acids is 1. The molecule has 6 nitrogen and oxygen atoms in total. The monoisotopic (exact) mass is 329 g/mol. The van der Waals surface area contributed by atoms with Crippen LogP contribution in [0.25, 0.3) is 0 Å². The van der Waals surface area contributed by atoms with Gasteiger partial charge in [-0.25, -0.2) is 8.42 Å². The quantitative estimate of drug-likeness (QED) is 0.859. The molecular formula is C16H15N3O3S. The molecule has 0 saturated carbocycles. The molecule has 23 heavy (non-hydrogen) atoms. The maximum absolute atomic E-state index is 12.9. The third-order valence-corrected chi connectivity index (χ3v) is 5.18. The lowest BCUT2D eigenvalue weighted by Gasteiger charge is -2.26. The molecule has 0 N–H and O–H groups in total. The number of amides is 1. The summed E-state index contributed by atoms with van der Waals surface area (Å²) in [5, 5.41) is 0. The summed E-state index contributed by atoms with van der Waals surface area (Å²) in [6, 6.07) is 11.4. The Morgan fingerprint density at radius 1 is 1.09 bits per heavy atom. The van der Waals surface area contributed by atoms with Gasteiger partial charge in [0, 0.05) is 12.6 Å². The summed E-state index contributed by atoms with van der Waals surface area (Å²) in [6.07, 6.45) is 1.59. The summed E-state index contributed by atoms with van der Waals surface area (Å²) in [4.78, 5) is 20.7. The normalized spacial score (nSPS) is 15.4. The number of amidine groups is 1. The van der Waals surface area contributed by atoms with Crippen molar-refractivity contribution in [3.63, 3.8) is 0 Å². The molecule has 1 aromatic carbocycles. The van der Waals surface area contributed by atoms with Crippen LogP contribution in [0.5, 0.6) is 0 Å². The van der Waals surface area contributed by atoms with Gasteiger partial charge < -0.3 is 0 Å². The van der Waals surface area contributed by atoms with Crippen LogP contribution in [-0.4, -0.2) is 36.0 Å². The van der Waals surface area contributed by atoms with Crippen molar-refractivity contribution < 1.29 is 13.2 Å². The van der Waals surface area contributed by atoms with E-state index in [2.05, 4.69) is 9.98 Å². The van der Waals surface area contributed by atoms with Gasteiger partial charge in [-0.2, -0.15) is 4.31 Å². The van der Waals surface area contributed by atoms with Gasteiger partial charge in [0.05, 0.1) is 11.4 Å². The number of aryl methyl sites for hydroxylation is 1. The first-order valence-corrected chi connectivity index (χ1v) is 8.55. The number of rotatable bonds is 3. The summed E-state index contributed by atoms with van der Waals surface area (Å²) < 4.78 is 26.5. The lowest BCUT2D eigenvalue weighted by Crippen LogP contribution is -2.45. The van der Waals surface area contributed by atoms with E-state index in [1.54, 1.807) is 30.3 Å². The van der Waals surface area contributed by atoms with Gasteiger partial charge >= 0.3 is 0 Å². The number of pyridine rings is 1. The maximum atomic E-state index is 12.9. The summed E-state index contributed by atoms with van der Waals surface area (Å²) in [5.41, 5.74) is 1.30. The molecule has 1 aliphatic rings. The van der Waals surface area contributed by atoms with Crippen LogP contribution < -0.4 is 0 Å². The maximum Gasteiger partial charge on any atom is 0.272 e. The molecule has 0 spiro atoms. The molecular weight excluding hydrogens is 314 g/mol. The summed E-state index contributed by atoms with van der Waals surface area (Å²) in [7, 11) is -4.01. The first-order valence-electron chi connectivity index (χ1n) is 7.11. The van der Waals surface area contributed by atoms with E-state index in [9.17, 15) is 13.2 Å². The Morgan fingerprint density at radius 2 is 1.83 bits per heavy atom. The zero-order valence-electron chi connectivity index (χ0n) is 12.5. The van der Waals surface area contributed by atoms with Gasteiger partial charge in [-0.3, -0.25) is 14.8 Å². The molecule has 1 aromatic heterocycles. The van der Waals surface area contributed by atoms with Crippen LogP contribution in [0.4, 0.5) is 0 Å². The van der Waals surface area contributed by atoms with Gasteiger partial charge in [0.25, 0.3) is 10.0 Å². The largest absolute Gasteiger partial charge is 0.273 e. The van der Waals surface area contributed by atoms with Gasteiger partial charge in [-0.15, -0.1) is 0 Å². The Bertz CT molecular complexity index is 859. The van der Waals surface area contributed by atoms with Crippen molar-refractivity contribution in [2.75, 3.05) is 6.54 Å². The van der Waals surface area contributed by atoms with E-state index in [1.807, 2.05) is 6.92 Å². The number of hydrogen-bond acceptors (Lipinski definition) is 5. The molecule has 0 bridgehead atoms. The second kappa shape index (κ2) is 5.92.